The number of fused-ring (bicyclic) bond motifs is 5. The van der Waals surface area contributed by atoms with Crippen LogP contribution in [0.2, 0.25) is 0 Å². The lowest BCUT2D eigenvalue weighted by atomic mass is 9.79. The zero-order chi connectivity index (χ0) is 9.05. The molecule has 0 aromatic heterocycles. The Hall–Kier alpha value is -0.400. The summed E-state index contributed by atoms with van der Waals surface area (Å²) in [6, 6.07) is 1.12. The molecule has 4 atom stereocenters. The first-order valence-corrected chi connectivity index (χ1v) is 5.61. The summed E-state index contributed by atoms with van der Waals surface area (Å²) >= 11 is 0. The van der Waals surface area contributed by atoms with Gasteiger partial charge in [-0.25, -0.2) is 0 Å². The molecule has 0 spiro atoms. The SMILES string of the molecule is CC1(C)[C@@H]2N=N[C@H]1[C@H]1CCCC[C@H]12. The molecule has 2 bridgehead atoms. The van der Waals surface area contributed by atoms with Crippen LogP contribution in [-0.4, -0.2) is 12.1 Å². The molecule has 0 unspecified atom stereocenters. The number of nitrogens with zero attached hydrogens (tertiary/aromatic N) is 2. The van der Waals surface area contributed by atoms with E-state index in [4.69, 9.17) is 0 Å². The van der Waals surface area contributed by atoms with Gasteiger partial charge in [0.15, 0.2) is 0 Å². The maximum absolute atomic E-state index is 4.47. The average molecular weight is 178 g/mol. The van der Waals surface area contributed by atoms with E-state index in [1.807, 2.05) is 0 Å². The molecular formula is C11H18N2. The van der Waals surface area contributed by atoms with Gasteiger partial charge in [-0.3, -0.25) is 0 Å². The first-order chi connectivity index (χ1) is 6.21. The van der Waals surface area contributed by atoms with Gasteiger partial charge >= 0.3 is 0 Å². The van der Waals surface area contributed by atoms with Crippen molar-refractivity contribution in [3.8, 4) is 0 Å². The normalized spacial score (nSPS) is 50.9. The molecule has 3 rings (SSSR count). The third kappa shape index (κ3) is 0.844. The van der Waals surface area contributed by atoms with Gasteiger partial charge in [0.1, 0.15) is 0 Å². The second kappa shape index (κ2) is 2.34. The lowest BCUT2D eigenvalue weighted by Crippen LogP contribution is -2.27. The Kier molecular flexibility index (Phi) is 1.43. The lowest BCUT2D eigenvalue weighted by molar-refractivity contribution is 0.224. The van der Waals surface area contributed by atoms with Crippen LogP contribution in [0, 0.1) is 17.3 Å². The minimum absolute atomic E-state index is 0.375. The highest BCUT2D eigenvalue weighted by atomic mass is 15.2. The molecule has 1 aliphatic heterocycles. The number of hydrogen-bond donors (Lipinski definition) is 0. The summed E-state index contributed by atoms with van der Waals surface area (Å²) in [5, 5.41) is 8.93. The van der Waals surface area contributed by atoms with Crippen molar-refractivity contribution in [3.05, 3.63) is 0 Å². The van der Waals surface area contributed by atoms with Crippen molar-refractivity contribution < 1.29 is 0 Å². The molecule has 0 saturated heterocycles. The van der Waals surface area contributed by atoms with Crippen LogP contribution in [0.5, 0.6) is 0 Å². The molecule has 0 radical (unpaired) electrons. The van der Waals surface area contributed by atoms with E-state index >= 15 is 0 Å². The minimum Gasteiger partial charge on any atom is -0.190 e. The van der Waals surface area contributed by atoms with Gasteiger partial charge in [0.25, 0.3) is 0 Å². The molecular weight excluding hydrogens is 160 g/mol. The molecule has 72 valence electrons. The van der Waals surface area contributed by atoms with E-state index in [1.54, 1.807) is 0 Å². The van der Waals surface area contributed by atoms with Crippen LogP contribution in [0.15, 0.2) is 10.2 Å². The Morgan fingerprint density at radius 3 is 1.85 bits per heavy atom. The first-order valence-electron chi connectivity index (χ1n) is 5.61. The third-order valence-electron chi connectivity index (χ3n) is 4.53. The number of azo groups is 1. The Labute approximate surface area is 79.8 Å². The summed E-state index contributed by atoms with van der Waals surface area (Å²) in [7, 11) is 0. The fraction of sp³-hybridized carbons (Fsp3) is 1.00. The van der Waals surface area contributed by atoms with E-state index in [0.29, 0.717) is 17.5 Å². The highest BCUT2D eigenvalue weighted by Gasteiger charge is 2.59. The summed E-state index contributed by atoms with van der Waals surface area (Å²) in [6.45, 7) is 4.72. The maximum Gasteiger partial charge on any atom is 0.0811 e. The van der Waals surface area contributed by atoms with Crippen molar-refractivity contribution in [3.63, 3.8) is 0 Å². The van der Waals surface area contributed by atoms with E-state index in [-0.39, 0.29) is 0 Å². The predicted molar refractivity (Wildman–Crippen MR) is 51.7 cm³/mol. The minimum atomic E-state index is 0.375. The van der Waals surface area contributed by atoms with Crippen LogP contribution in [0.3, 0.4) is 0 Å². The molecule has 2 saturated carbocycles. The van der Waals surface area contributed by atoms with Crippen molar-refractivity contribution in [2.24, 2.45) is 27.5 Å². The van der Waals surface area contributed by atoms with Gasteiger partial charge in [-0.15, -0.1) is 0 Å². The summed E-state index contributed by atoms with van der Waals surface area (Å²) in [4.78, 5) is 0. The second-order valence-electron chi connectivity index (χ2n) is 5.55. The maximum atomic E-state index is 4.47. The van der Waals surface area contributed by atoms with E-state index in [1.165, 1.54) is 25.7 Å². The molecule has 3 aliphatic rings. The summed E-state index contributed by atoms with van der Waals surface area (Å²) in [6.07, 6.45) is 5.68. The number of rotatable bonds is 0. The molecule has 1 heterocycles. The molecule has 2 heteroatoms. The van der Waals surface area contributed by atoms with Gasteiger partial charge in [-0.1, -0.05) is 26.7 Å². The van der Waals surface area contributed by atoms with Crippen molar-refractivity contribution >= 4 is 0 Å². The quantitative estimate of drug-likeness (QED) is 0.544. The lowest BCUT2D eigenvalue weighted by Gasteiger charge is -2.30. The Bertz CT molecular complexity index is 233. The fourth-order valence-corrected chi connectivity index (χ4v) is 3.86. The largest absolute Gasteiger partial charge is 0.190 e. The fourth-order valence-electron chi connectivity index (χ4n) is 3.86. The second-order valence-corrected chi connectivity index (χ2v) is 5.55. The molecule has 0 aromatic rings. The van der Waals surface area contributed by atoms with E-state index in [0.717, 1.165) is 11.8 Å². The van der Waals surface area contributed by atoms with Crippen molar-refractivity contribution in [1.82, 2.24) is 0 Å². The highest BCUT2D eigenvalue weighted by molar-refractivity contribution is 5.13. The van der Waals surface area contributed by atoms with Crippen LogP contribution in [0.25, 0.3) is 0 Å². The summed E-state index contributed by atoms with van der Waals surface area (Å²) < 4.78 is 0. The van der Waals surface area contributed by atoms with Crippen LogP contribution in [0.1, 0.15) is 39.5 Å². The van der Waals surface area contributed by atoms with Crippen LogP contribution in [0.4, 0.5) is 0 Å². The topological polar surface area (TPSA) is 24.7 Å². The van der Waals surface area contributed by atoms with E-state index in [9.17, 15) is 0 Å². The van der Waals surface area contributed by atoms with Gasteiger partial charge in [0.05, 0.1) is 12.1 Å². The summed E-state index contributed by atoms with van der Waals surface area (Å²) in [5.74, 6) is 1.76. The molecule has 0 aromatic carbocycles. The number of hydrogen-bond acceptors (Lipinski definition) is 2. The van der Waals surface area contributed by atoms with Gasteiger partial charge < -0.3 is 0 Å². The van der Waals surface area contributed by atoms with Crippen LogP contribution in [-0.2, 0) is 0 Å². The summed E-state index contributed by atoms with van der Waals surface area (Å²) in [5.41, 5.74) is 0.375. The molecule has 2 nitrogen and oxygen atoms in total. The van der Waals surface area contributed by atoms with Crippen LogP contribution >= 0.6 is 0 Å². The Morgan fingerprint density at radius 1 is 0.923 bits per heavy atom. The molecule has 2 fully saturated rings. The van der Waals surface area contributed by atoms with Gasteiger partial charge in [0.2, 0.25) is 0 Å². The van der Waals surface area contributed by atoms with E-state index < -0.39 is 0 Å². The highest BCUT2D eigenvalue weighted by Crippen LogP contribution is 2.57. The smallest absolute Gasteiger partial charge is 0.0811 e. The zero-order valence-corrected chi connectivity index (χ0v) is 8.53. The molecule has 0 N–H and O–H groups in total. The third-order valence-corrected chi connectivity index (χ3v) is 4.53. The van der Waals surface area contributed by atoms with Gasteiger partial charge in [0, 0.05) is 5.41 Å². The van der Waals surface area contributed by atoms with Gasteiger partial charge in [-0.05, 0) is 24.7 Å². The Balaban J connectivity index is 1.98. The average Bonchev–Trinajstić information content (AvgIpc) is 2.54. The van der Waals surface area contributed by atoms with Crippen molar-refractivity contribution in [2.45, 2.75) is 51.6 Å². The monoisotopic (exact) mass is 178 g/mol. The standard InChI is InChI=1S/C11H18N2/c1-11(2)9-7-5-3-4-6-8(7)10(11)13-12-9/h7-10H,3-6H2,1-2H3/t7-,8+,9-,10+. The van der Waals surface area contributed by atoms with Crippen LogP contribution < -0.4 is 0 Å². The Morgan fingerprint density at radius 2 is 1.38 bits per heavy atom. The molecule has 13 heavy (non-hydrogen) atoms. The van der Waals surface area contributed by atoms with Crippen molar-refractivity contribution in [1.29, 1.82) is 0 Å². The molecule has 0 amide bonds. The van der Waals surface area contributed by atoms with Gasteiger partial charge in [-0.2, -0.15) is 10.2 Å². The zero-order valence-electron chi connectivity index (χ0n) is 8.53. The molecule has 2 aliphatic carbocycles. The predicted octanol–water partition coefficient (Wildman–Crippen LogP) is 3.04. The van der Waals surface area contributed by atoms with E-state index in [2.05, 4.69) is 24.1 Å². The van der Waals surface area contributed by atoms with Crippen molar-refractivity contribution in [2.75, 3.05) is 0 Å². The first kappa shape index (κ1) is 7.95.